The fourth-order valence-corrected chi connectivity index (χ4v) is 1.10. The molecule has 0 aliphatic carbocycles. The topological polar surface area (TPSA) is 35.9 Å². The molecule has 1 aromatic rings. The summed E-state index contributed by atoms with van der Waals surface area (Å²) in [6.07, 6.45) is 1.33. The Kier molecular flexibility index (Phi) is 3.26. The molecule has 0 heterocycles. The van der Waals surface area contributed by atoms with Crippen molar-refractivity contribution in [1.29, 1.82) is 5.41 Å². The van der Waals surface area contributed by atoms with Crippen LogP contribution in [0.4, 0.5) is 0 Å². The van der Waals surface area contributed by atoms with Crippen LogP contribution in [0, 0.1) is 5.41 Å². The molecule has 13 heavy (non-hydrogen) atoms. The Morgan fingerprint density at radius 3 is 2.54 bits per heavy atom. The molecular formula is C11H14N2. The van der Waals surface area contributed by atoms with Crippen molar-refractivity contribution in [2.24, 2.45) is 0 Å². The van der Waals surface area contributed by atoms with Gasteiger partial charge in [0.15, 0.2) is 0 Å². The predicted octanol–water partition coefficient (Wildman–Crippen LogP) is 2.26. The molecule has 2 nitrogen and oxygen atoms in total. The van der Waals surface area contributed by atoms with E-state index in [4.69, 9.17) is 5.41 Å². The van der Waals surface area contributed by atoms with Crippen molar-refractivity contribution in [3.05, 3.63) is 42.0 Å². The largest absolute Gasteiger partial charge is 0.385 e. The van der Waals surface area contributed by atoms with Crippen LogP contribution in [-0.4, -0.2) is 12.8 Å². The van der Waals surface area contributed by atoms with Gasteiger partial charge in [-0.2, -0.15) is 0 Å². The van der Waals surface area contributed by atoms with Gasteiger partial charge in [0.25, 0.3) is 0 Å². The first-order valence-electron chi connectivity index (χ1n) is 4.31. The Morgan fingerprint density at radius 1 is 1.46 bits per heavy atom. The highest BCUT2D eigenvalue weighted by atomic mass is 14.9. The number of hydrogen-bond donors (Lipinski definition) is 2. The van der Waals surface area contributed by atoms with Crippen molar-refractivity contribution >= 4 is 11.9 Å². The first-order valence-corrected chi connectivity index (χ1v) is 4.31. The molecule has 0 atom stereocenters. The molecule has 1 aromatic carbocycles. The Hall–Kier alpha value is -1.57. The number of hydrogen-bond acceptors (Lipinski definition) is 2. The third kappa shape index (κ3) is 2.44. The maximum absolute atomic E-state index is 7.04. The van der Waals surface area contributed by atoms with E-state index in [-0.39, 0.29) is 0 Å². The standard InChI is InChI=1S/C11H14N2/c1-3-13-9(2)11-6-4-10(8-12)5-7-11/h4-8,12-13H,2-3H2,1H3. The molecule has 0 amide bonds. The van der Waals surface area contributed by atoms with Gasteiger partial charge in [0.05, 0.1) is 0 Å². The Bertz CT molecular complexity index is 298. The minimum Gasteiger partial charge on any atom is -0.385 e. The highest BCUT2D eigenvalue weighted by molar-refractivity contribution is 5.77. The van der Waals surface area contributed by atoms with Crippen molar-refractivity contribution in [2.75, 3.05) is 6.54 Å². The van der Waals surface area contributed by atoms with Crippen LogP contribution in [0.15, 0.2) is 30.8 Å². The van der Waals surface area contributed by atoms with Gasteiger partial charge in [-0.15, -0.1) is 0 Å². The van der Waals surface area contributed by atoms with Crippen LogP contribution in [0.2, 0.25) is 0 Å². The smallest absolute Gasteiger partial charge is 0.0340 e. The van der Waals surface area contributed by atoms with Gasteiger partial charge in [0, 0.05) is 18.5 Å². The van der Waals surface area contributed by atoms with Crippen molar-refractivity contribution in [2.45, 2.75) is 6.92 Å². The Labute approximate surface area is 78.8 Å². The SMILES string of the molecule is C=C(NCC)c1ccc(C=N)cc1. The van der Waals surface area contributed by atoms with Gasteiger partial charge in [0.1, 0.15) is 0 Å². The van der Waals surface area contributed by atoms with Gasteiger partial charge in [-0.25, -0.2) is 0 Å². The summed E-state index contributed by atoms with van der Waals surface area (Å²) in [4.78, 5) is 0. The highest BCUT2D eigenvalue weighted by Crippen LogP contribution is 2.09. The zero-order chi connectivity index (χ0) is 9.68. The molecule has 0 unspecified atom stereocenters. The van der Waals surface area contributed by atoms with Crippen LogP contribution in [0.3, 0.4) is 0 Å². The van der Waals surface area contributed by atoms with E-state index in [1.54, 1.807) is 0 Å². The number of benzene rings is 1. The van der Waals surface area contributed by atoms with Crippen molar-refractivity contribution in [3.8, 4) is 0 Å². The fourth-order valence-electron chi connectivity index (χ4n) is 1.10. The summed E-state index contributed by atoms with van der Waals surface area (Å²) in [5.41, 5.74) is 2.92. The van der Waals surface area contributed by atoms with Crippen molar-refractivity contribution < 1.29 is 0 Å². The third-order valence-corrected chi connectivity index (χ3v) is 1.82. The van der Waals surface area contributed by atoms with Gasteiger partial charge in [-0.05, 0) is 18.1 Å². The molecule has 1 rings (SSSR count). The van der Waals surface area contributed by atoms with Crippen LogP contribution >= 0.6 is 0 Å². The summed E-state index contributed by atoms with van der Waals surface area (Å²) in [6.45, 7) is 6.82. The summed E-state index contributed by atoms with van der Waals surface area (Å²) in [6, 6.07) is 7.74. The monoisotopic (exact) mass is 174 g/mol. The minimum atomic E-state index is 0.880. The second-order valence-corrected chi connectivity index (χ2v) is 2.78. The van der Waals surface area contributed by atoms with Crippen LogP contribution in [-0.2, 0) is 0 Å². The van der Waals surface area contributed by atoms with Crippen LogP contribution in [0.1, 0.15) is 18.1 Å². The molecular weight excluding hydrogens is 160 g/mol. The van der Waals surface area contributed by atoms with Gasteiger partial charge >= 0.3 is 0 Å². The lowest BCUT2D eigenvalue weighted by Crippen LogP contribution is -2.09. The van der Waals surface area contributed by atoms with E-state index < -0.39 is 0 Å². The molecule has 2 heteroatoms. The molecule has 0 radical (unpaired) electrons. The maximum Gasteiger partial charge on any atom is 0.0340 e. The number of nitrogens with one attached hydrogen (secondary N) is 2. The van der Waals surface area contributed by atoms with Gasteiger partial charge in [-0.1, -0.05) is 30.8 Å². The summed E-state index contributed by atoms with van der Waals surface area (Å²) in [5, 5.41) is 10.2. The van der Waals surface area contributed by atoms with E-state index in [0.717, 1.165) is 23.4 Å². The molecule has 0 saturated carbocycles. The lowest BCUT2D eigenvalue weighted by atomic mass is 10.1. The highest BCUT2D eigenvalue weighted by Gasteiger charge is 1.95. The van der Waals surface area contributed by atoms with E-state index in [9.17, 15) is 0 Å². The summed E-state index contributed by atoms with van der Waals surface area (Å²) in [5.74, 6) is 0. The van der Waals surface area contributed by atoms with Crippen LogP contribution in [0.25, 0.3) is 5.70 Å². The van der Waals surface area contributed by atoms with Crippen LogP contribution < -0.4 is 5.32 Å². The predicted molar refractivity (Wildman–Crippen MR) is 57.0 cm³/mol. The molecule has 0 aromatic heterocycles. The normalized spacial score (nSPS) is 9.31. The lowest BCUT2D eigenvalue weighted by Gasteiger charge is -2.06. The molecule has 2 N–H and O–H groups in total. The third-order valence-electron chi connectivity index (χ3n) is 1.82. The first kappa shape index (κ1) is 9.52. The molecule has 0 bridgehead atoms. The van der Waals surface area contributed by atoms with E-state index in [2.05, 4.69) is 11.9 Å². The van der Waals surface area contributed by atoms with E-state index in [0.29, 0.717) is 0 Å². The summed E-state index contributed by atoms with van der Waals surface area (Å²) in [7, 11) is 0. The quantitative estimate of drug-likeness (QED) is 0.675. The van der Waals surface area contributed by atoms with Gasteiger partial charge in [0.2, 0.25) is 0 Å². The zero-order valence-electron chi connectivity index (χ0n) is 7.80. The zero-order valence-corrected chi connectivity index (χ0v) is 7.80. The van der Waals surface area contributed by atoms with Crippen molar-refractivity contribution in [3.63, 3.8) is 0 Å². The Balaban J connectivity index is 2.79. The average molecular weight is 174 g/mol. The first-order chi connectivity index (χ1) is 6.27. The second kappa shape index (κ2) is 4.45. The van der Waals surface area contributed by atoms with E-state index in [1.165, 1.54) is 6.21 Å². The molecule has 68 valence electrons. The molecule has 0 fully saturated rings. The molecule has 0 aliphatic rings. The maximum atomic E-state index is 7.04. The Morgan fingerprint density at radius 2 is 2.08 bits per heavy atom. The molecule has 0 spiro atoms. The lowest BCUT2D eigenvalue weighted by molar-refractivity contribution is 0.942. The summed E-state index contributed by atoms with van der Waals surface area (Å²) >= 11 is 0. The van der Waals surface area contributed by atoms with Gasteiger partial charge < -0.3 is 10.7 Å². The van der Waals surface area contributed by atoms with E-state index in [1.807, 2.05) is 31.2 Å². The molecule has 0 aliphatic heterocycles. The van der Waals surface area contributed by atoms with E-state index >= 15 is 0 Å². The number of rotatable bonds is 4. The fraction of sp³-hybridized carbons (Fsp3) is 0.182. The minimum absolute atomic E-state index is 0.880. The van der Waals surface area contributed by atoms with Gasteiger partial charge in [-0.3, -0.25) is 0 Å². The molecule has 0 saturated heterocycles. The average Bonchev–Trinajstić information content (AvgIpc) is 2.18. The van der Waals surface area contributed by atoms with Crippen molar-refractivity contribution in [1.82, 2.24) is 5.32 Å². The second-order valence-electron chi connectivity index (χ2n) is 2.78. The summed E-state index contributed by atoms with van der Waals surface area (Å²) < 4.78 is 0. The van der Waals surface area contributed by atoms with Crippen LogP contribution in [0.5, 0.6) is 0 Å².